The topological polar surface area (TPSA) is 70.4 Å². The molecule has 0 radical (unpaired) electrons. The van der Waals surface area contributed by atoms with Crippen molar-refractivity contribution in [3.63, 3.8) is 0 Å². The Morgan fingerprint density at radius 2 is 1.58 bits per heavy atom. The molecule has 0 spiro atoms. The first-order valence-corrected chi connectivity index (χ1v) is 11.7. The Kier molecular flexibility index (Phi) is 7.11. The molecule has 33 heavy (non-hydrogen) atoms. The average Bonchev–Trinajstić information content (AvgIpc) is 2.88. The van der Waals surface area contributed by atoms with Gasteiger partial charge in [-0.05, 0) is 61.4 Å². The molecule has 1 aliphatic heterocycles. The number of carbonyl (C=O) groups is 2. The Hall–Kier alpha value is -3.56. The molecule has 1 fully saturated rings. The van der Waals surface area contributed by atoms with E-state index in [9.17, 15) is 14.9 Å². The highest BCUT2D eigenvalue weighted by molar-refractivity contribution is 7.99. The van der Waals surface area contributed by atoms with Gasteiger partial charge in [-0.2, -0.15) is 5.26 Å². The molecule has 1 aliphatic rings. The third-order valence-corrected chi connectivity index (χ3v) is 7.02. The lowest BCUT2D eigenvalue weighted by Crippen LogP contribution is -2.40. The number of nitrogens with zero attached hydrogens (tertiary/aromatic N) is 2. The summed E-state index contributed by atoms with van der Waals surface area (Å²) in [7, 11) is 1.60. The number of nitriles is 1. The molecular weight excluding hydrogens is 432 g/mol. The Bertz CT molecular complexity index is 1190. The van der Waals surface area contributed by atoms with E-state index in [1.807, 2.05) is 47.4 Å². The first-order valence-electron chi connectivity index (χ1n) is 10.8. The fourth-order valence-corrected chi connectivity index (χ4v) is 5.02. The molecule has 0 saturated carbocycles. The number of carbonyl (C=O) groups excluding carboxylic acids is 2. The fourth-order valence-electron chi connectivity index (χ4n) is 4.00. The van der Waals surface area contributed by atoms with Crippen molar-refractivity contribution in [1.82, 2.24) is 4.90 Å². The predicted octanol–water partition coefficient (Wildman–Crippen LogP) is 5.45. The molecule has 4 rings (SSSR count). The van der Waals surface area contributed by atoms with Crippen LogP contribution in [0.2, 0.25) is 0 Å². The smallest absolute Gasteiger partial charge is 0.255 e. The van der Waals surface area contributed by atoms with Crippen LogP contribution in [0.3, 0.4) is 0 Å². The maximum atomic E-state index is 13.3. The van der Waals surface area contributed by atoms with Crippen molar-refractivity contribution in [3.05, 3.63) is 89.5 Å². The zero-order chi connectivity index (χ0) is 23.2. The van der Waals surface area contributed by atoms with Gasteiger partial charge in [-0.3, -0.25) is 9.59 Å². The normalized spacial score (nSPS) is 13.9. The number of hydrogen-bond acceptors (Lipinski definition) is 5. The molecule has 1 amide bonds. The second-order valence-corrected chi connectivity index (χ2v) is 8.95. The van der Waals surface area contributed by atoms with Crippen molar-refractivity contribution in [2.45, 2.75) is 22.6 Å². The van der Waals surface area contributed by atoms with Gasteiger partial charge in [0.25, 0.3) is 5.91 Å². The van der Waals surface area contributed by atoms with E-state index < -0.39 is 0 Å². The summed E-state index contributed by atoms with van der Waals surface area (Å²) in [6.07, 6.45) is 1.28. The summed E-state index contributed by atoms with van der Waals surface area (Å²) < 4.78 is 5.16. The van der Waals surface area contributed by atoms with E-state index in [4.69, 9.17) is 4.74 Å². The third kappa shape index (κ3) is 5.10. The Morgan fingerprint density at radius 3 is 2.24 bits per heavy atom. The van der Waals surface area contributed by atoms with Gasteiger partial charge in [-0.25, -0.2) is 0 Å². The lowest BCUT2D eigenvalue weighted by molar-refractivity contribution is 0.0647. The van der Waals surface area contributed by atoms with Gasteiger partial charge in [-0.15, -0.1) is 0 Å². The average molecular weight is 457 g/mol. The lowest BCUT2D eigenvalue weighted by atomic mass is 9.88. The van der Waals surface area contributed by atoms with Gasteiger partial charge in [-0.1, -0.05) is 36.0 Å². The lowest BCUT2D eigenvalue weighted by Gasteiger charge is -2.32. The zero-order valence-corrected chi connectivity index (χ0v) is 19.2. The summed E-state index contributed by atoms with van der Waals surface area (Å²) in [5.74, 6) is 0.715. The second kappa shape index (κ2) is 10.4. The Morgan fingerprint density at radius 1 is 0.939 bits per heavy atom. The summed E-state index contributed by atoms with van der Waals surface area (Å²) in [6.45, 7) is 1.08. The van der Waals surface area contributed by atoms with Gasteiger partial charge in [0, 0.05) is 34.4 Å². The standard InChI is InChI=1S/C27H24N2O3S/c1-32-22-12-10-19(11-13-22)26(30)20-14-16-29(17-15-20)27(31)23-7-3-5-9-25(23)33-24-8-4-2-6-21(24)18-28/h2-13,20H,14-17H2,1H3. The predicted molar refractivity (Wildman–Crippen MR) is 128 cm³/mol. The number of Topliss-reactive ketones (excluding diaryl/α,β-unsaturated/α-hetero) is 1. The number of methoxy groups -OCH3 is 1. The first-order chi connectivity index (χ1) is 16.1. The molecule has 0 atom stereocenters. The molecule has 1 saturated heterocycles. The van der Waals surface area contributed by atoms with E-state index >= 15 is 0 Å². The summed E-state index contributed by atoms with van der Waals surface area (Å²) in [6, 6.07) is 24.3. The van der Waals surface area contributed by atoms with Crippen LogP contribution in [0.15, 0.2) is 82.6 Å². The molecule has 1 heterocycles. The van der Waals surface area contributed by atoms with Crippen molar-refractivity contribution in [3.8, 4) is 11.8 Å². The highest BCUT2D eigenvalue weighted by Crippen LogP contribution is 2.34. The number of rotatable bonds is 6. The second-order valence-electron chi connectivity index (χ2n) is 7.87. The van der Waals surface area contributed by atoms with Crippen LogP contribution in [0, 0.1) is 17.2 Å². The minimum absolute atomic E-state index is 0.0390. The molecule has 3 aromatic rings. The van der Waals surface area contributed by atoms with Crippen LogP contribution < -0.4 is 4.74 Å². The Balaban J connectivity index is 1.44. The van der Waals surface area contributed by atoms with Gasteiger partial charge in [0.15, 0.2) is 5.78 Å². The minimum atomic E-state index is -0.0884. The van der Waals surface area contributed by atoms with E-state index in [0.29, 0.717) is 42.6 Å². The highest BCUT2D eigenvalue weighted by Gasteiger charge is 2.29. The number of ether oxygens (including phenoxy) is 1. The van der Waals surface area contributed by atoms with Crippen molar-refractivity contribution in [2.24, 2.45) is 5.92 Å². The number of likely N-dealkylation sites (tertiary alicyclic amines) is 1. The van der Waals surface area contributed by atoms with Gasteiger partial charge in [0.05, 0.1) is 18.2 Å². The van der Waals surface area contributed by atoms with E-state index in [2.05, 4.69) is 6.07 Å². The summed E-state index contributed by atoms with van der Waals surface area (Å²) in [5, 5.41) is 9.38. The summed E-state index contributed by atoms with van der Waals surface area (Å²) in [5.41, 5.74) is 1.89. The van der Waals surface area contributed by atoms with Gasteiger partial charge in [0.2, 0.25) is 0 Å². The van der Waals surface area contributed by atoms with Gasteiger partial charge >= 0.3 is 0 Å². The van der Waals surface area contributed by atoms with Crippen LogP contribution in [0.4, 0.5) is 0 Å². The molecule has 0 aliphatic carbocycles. The van der Waals surface area contributed by atoms with E-state index in [1.54, 1.807) is 37.4 Å². The largest absolute Gasteiger partial charge is 0.497 e. The van der Waals surface area contributed by atoms with Crippen molar-refractivity contribution in [1.29, 1.82) is 5.26 Å². The van der Waals surface area contributed by atoms with E-state index in [0.717, 1.165) is 15.5 Å². The van der Waals surface area contributed by atoms with Crippen LogP contribution in [0.25, 0.3) is 0 Å². The number of hydrogen-bond donors (Lipinski definition) is 0. The molecule has 0 aromatic heterocycles. The maximum absolute atomic E-state index is 13.3. The van der Waals surface area contributed by atoms with Crippen LogP contribution in [0.1, 0.15) is 39.1 Å². The van der Waals surface area contributed by atoms with Crippen LogP contribution in [0.5, 0.6) is 5.75 Å². The summed E-state index contributed by atoms with van der Waals surface area (Å²) >= 11 is 1.43. The number of piperidine rings is 1. The number of benzene rings is 3. The SMILES string of the molecule is COc1ccc(C(=O)C2CCN(C(=O)c3ccccc3Sc3ccccc3C#N)CC2)cc1. The van der Waals surface area contributed by atoms with Crippen molar-refractivity contribution < 1.29 is 14.3 Å². The molecular formula is C27H24N2O3S. The fraction of sp³-hybridized carbons (Fsp3) is 0.222. The minimum Gasteiger partial charge on any atom is -0.497 e. The zero-order valence-electron chi connectivity index (χ0n) is 18.4. The van der Waals surface area contributed by atoms with Gasteiger partial charge < -0.3 is 9.64 Å². The molecule has 0 N–H and O–H groups in total. The van der Waals surface area contributed by atoms with E-state index in [-0.39, 0.29) is 17.6 Å². The van der Waals surface area contributed by atoms with Crippen molar-refractivity contribution >= 4 is 23.5 Å². The number of amides is 1. The molecule has 5 nitrogen and oxygen atoms in total. The van der Waals surface area contributed by atoms with Crippen molar-refractivity contribution in [2.75, 3.05) is 20.2 Å². The monoisotopic (exact) mass is 456 g/mol. The molecule has 0 bridgehead atoms. The van der Waals surface area contributed by atoms with Crippen LogP contribution >= 0.6 is 11.8 Å². The van der Waals surface area contributed by atoms with Gasteiger partial charge in [0.1, 0.15) is 11.8 Å². The van der Waals surface area contributed by atoms with Crippen LogP contribution in [-0.4, -0.2) is 36.8 Å². The molecule has 3 aromatic carbocycles. The summed E-state index contributed by atoms with van der Waals surface area (Å²) in [4.78, 5) is 29.7. The third-order valence-electron chi connectivity index (χ3n) is 5.87. The van der Waals surface area contributed by atoms with Crippen LogP contribution in [-0.2, 0) is 0 Å². The quantitative estimate of drug-likeness (QED) is 0.461. The highest BCUT2D eigenvalue weighted by atomic mass is 32.2. The molecule has 166 valence electrons. The first kappa shape index (κ1) is 22.6. The number of ketones is 1. The molecule has 0 unspecified atom stereocenters. The van der Waals surface area contributed by atoms with E-state index in [1.165, 1.54) is 11.8 Å². The Labute approximate surface area is 198 Å². The maximum Gasteiger partial charge on any atom is 0.255 e. The molecule has 6 heteroatoms.